The molecule has 112 valence electrons. The van der Waals surface area contributed by atoms with E-state index in [1.807, 2.05) is 6.92 Å². The zero-order chi connectivity index (χ0) is 15.6. The van der Waals surface area contributed by atoms with Crippen LogP contribution in [0.3, 0.4) is 0 Å². The van der Waals surface area contributed by atoms with E-state index in [1.54, 1.807) is 26.2 Å². The van der Waals surface area contributed by atoms with Gasteiger partial charge in [0.15, 0.2) is 0 Å². The number of imidazole rings is 1. The summed E-state index contributed by atoms with van der Waals surface area (Å²) < 4.78 is 1.51. The first-order valence-electron chi connectivity index (χ1n) is 6.68. The Kier molecular flexibility index (Phi) is 4.21. The first-order chi connectivity index (χ1) is 9.90. The van der Waals surface area contributed by atoms with Crippen LogP contribution < -0.4 is 5.69 Å². The molecule has 2 aromatic rings. The maximum atomic E-state index is 12.1. The van der Waals surface area contributed by atoms with Crippen LogP contribution in [0.15, 0.2) is 17.2 Å². The number of aromatic amines is 1. The summed E-state index contributed by atoms with van der Waals surface area (Å²) in [7, 11) is 0. The van der Waals surface area contributed by atoms with Crippen LogP contribution in [0.4, 0.5) is 0 Å². The van der Waals surface area contributed by atoms with Crippen LogP contribution in [-0.2, 0) is 17.8 Å². The molecular weight excluding hydrogens is 272 g/mol. The molecule has 1 unspecified atom stereocenters. The molecule has 2 heterocycles. The molecule has 2 aromatic heterocycles. The number of H-pyrrole nitrogens is 1. The average Bonchev–Trinajstić information content (AvgIpc) is 2.92. The van der Waals surface area contributed by atoms with E-state index in [0.717, 1.165) is 11.3 Å². The summed E-state index contributed by atoms with van der Waals surface area (Å²) in [5.74, 6) is -0.737. The molecule has 0 aliphatic rings. The fourth-order valence-electron chi connectivity index (χ4n) is 2.25. The van der Waals surface area contributed by atoms with Crippen molar-refractivity contribution in [2.75, 3.05) is 0 Å². The third-order valence-electron chi connectivity index (χ3n) is 3.57. The number of carboxylic acids is 1. The van der Waals surface area contributed by atoms with Gasteiger partial charge >= 0.3 is 11.7 Å². The van der Waals surface area contributed by atoms with Crippen LogP contribution in [-0.4, -0.2) is 30.6 Å². The molecule has 0 aliphatic heterocycles. The molecule has 0 bridgehead atoms. The highest BCUT2D eigenvalue weighted by molar-refractivity contribution is 5.70. The van der Waals surface area contributed by atoms with Crippen LogP contribution in [0.25, 0.3) is 0 Å². The quantitative estimate of drug-likeness (QED) is 0.851. The van der Waals surface area contributed by atoms with Gasteiger partial charge in [0.05, 0.1) is 12.5 Å². The van der Waals surface area contributed by atoms with Crippen LogP contribution in [0.2, 0.25) is 0 Å². The molecule has 2 N–H and O–H groups in total. The van der Waals surface area contributed by atoms with Crippen molar-refractivity contribution in [1.82, 2.24) is 19.5 Å². The number of rotatable bonds is 5. The Bertz CT molecular complexity index is 704. The van der Waals surface area contributed by atoms with E-state index in [1.165, 1.54) is 4.57 Å². The summed E-state index contributed by atoms with van der Waals surface area (Å²) in [5.41, 5.74) is 1.77. The smallest absolute Gasteiger partial charge is 0.348 e. The van der Waals surface area contributed by atoms with Crippen LogP contribution in [0.1, 0.15) is 29.7 Å². The average molecular weight is 290 g/mol. The Morgan fingerprint density at radius 1 is 1.48 bits per heavy atom. The van der Waals surface area contributed by atoms with Crippen molar-refractivity contribution in [3.63, 3.8) is 0 Å². The summed E-state index contributed by atoms with van der Waals surface area (Å²) in [5, 5.41) is 9.05. The van der Waals surface area contributed by atoms with Crippen molar-refractivity contribution in [1.29, 1.82) is 0 Å². The van der Waals surface area contributed by atoms with Gasteiger partial charge in [-0.25, -0.2) is 9.78 Å². The van der Waals surface area contributed by atoms with Gasteiger partial charge in [-0.3, -0.25) is 9.36 Å². The predicted molar refractivity (Wildman–Crippen MR) is 76.2 cm³/mol. The van der Waals surface area contributed by atoms with E-state index in [4.69, 9.17) is 5.11 Å². The lowest BCUT2D eigenvalue weighted by Crippen LogP contribution is -2.29. The summed E-state index contributed by atoms with van der Waals surface area (Å²) in [6.45, 7) is 5.47. The molecule has 21 heavy (non-hydrogen) atoms. The minimum atomic E-state index is -0.863. The Labute approximate surface area is 121 Å². The molecule has 0 spiro atoms. The zero-order valence-corrected chi connectivity index (χ0v) is 12.3. The molecular formula is C14H18N4O3. The summed E-state index contributed by atoms with van der Waals surface area (Å²) in [4.78, 5) is 34.1. The van der Waals surface area contributed by atoms with Gasteiger partial charge in [0, 0.05) is 23.8 Å². The molecule has 0 radical (unpaired) electrons. The fourth-order valence-corrected chi connectivity index (χ4v) is 2.25. The van der Waals surface area contributed by atoms with Crippen molar-refractivity contribution in [3.05, 3.63) is 45.7 Å². The van der Waals surface area contributed by atoms with Gasteiger partial charge in [-0.05, 0) is 25.8 Å². The van der Waals surface area contributed by atoms with Crippen molar-refractivity contribution < 1.29 is 9.90 Å². The van der Waals surface area contributed by atoms with E-state index in [0.29, 0.717) is 24.5 Å². The third-order valence-corrected chi connectivity index (χ3v) is 3.57. The van der Waals surface area contributed by atoms with Crippen molar-refractivity contribution >= 4 is 5.97 Å². The standard InChI is InChI=1S/C14H18N4O3/c1-8(13(19)20)6-11-9(2)17-14(21)18(10(11)3)7-12-15-4-5-16-12/h4-5,8H,6-7H2,1-3H3,(H,15,16)(H,19,20). The largest absolute Gasteiger partial charge is 0.481 e. The van der Waals surface area contributed by atoms with E-state index in [2.05, 4.69) is 15.0 Å². The second-order valence-corrected chi connectivity index (χ2v) is 5.11. The van der Waals surface area contributed by atoms with Crippen LogP contribution in [0.5, 0.6) is 0 Å². The molecule has 0 fully saturated rings. The molecule has 7 heteroatoms. The number of carbonyl (C=O) groups is 1. The van der Waals surface area contributed by atoms with Gasteiger partial charge < -0.3 is 10.1 Å². The molecule has 7 nitrogen and oxygen atoms in total. The number of aromatic nitrogens is 4. The first kappa shape index (κ1) is 15.0. The van der Waals surface area contributed by atoms with Crippen LogP contribution >= 0.6 is 0 Å². The predicted octanol–water partition coefficient (Wildman–Crippen LogP) is 0.895. The minimum absolute atomic E-state index is 0.291. The highest BCUT2D eigenvalue weighted by Gasteiger charge is 2.18. The van der Waals surface area contributed by atoms with Gasteiger partial charge in [-0.1, -0.05) is 6.92 Å². The first-order valence-corrected chi connectivity index (χ1v) is 6.68. The van der Waals surface area contributed by atoms with E-state index in [9.17, 15) is 9.59 Å². The Morgan fingerprint density at radius 3 is 2.76 bits per heavy atom. The number of hydrogen-bond acceptors (Lipinski definition) is 4. The number of nitrogens with zero attached hydrogens (tertiary/aromatic N) is 3. The maximum Gasteiger partial charge on any atom is 0.348 e. The van der Waals surface area contributed by atoms with Crippen LogP contribution in [0, 0.1) is 19.8 Å². The maximum absolute atomic E-state index is 12.1. The topological polar surface area (TPSA) is 101 Å². The van der Waals surface area contributed by atoms with Gasteiger partial charge in [0.1, 0.15) is 5.82 Å². The Morgan fingerprint density at radius 2 is 2.19 bits per heavy atom. The Hall–Kier alpha value is -2.44. The van der Waals surface area contributed by atoms with E-state index >= 15 is 0 Å². The monoisotopic (exact) mass is 290 g/mol. The minimum Gasteiger partial charge on any atom is -0.481 e. The SMILES string of the molecule is Cc1nc(=O)n(Cc2ncc[nH]2)c(C)c1CC(C)C(=O)O. The highest BCUT2D eigenvalue weighted by atomic mass is 16.4. The Balaban J connectivity index is 2.42. The summed E-state index contributed by atoms with van der Waals surface area (Å²) in [6.07, 6.45) is 3.65. The summed E-state index contributed by atoms with van der Waals surface area (Å²) in [6, 6.07) is 0. The lowest BCUT2D eigenvalue weighted by atomic mass is 9.99. The van der Waals surface area contributed by atoms with E-state index < -0.39 is 11.9 Å². The van der Waals surface area contributed by atoms with Gasteiger partial charge in [0.25, 0.3) is 0 Å². The molecule has 0 saturated carbocycles. The number of aryl methyl sites for hydroxylation is 1. The molecule has 0 aliphatic carbocycles. The molecule has 0 saturated heterocycles. The molecule has 1 atom stereocenters. The number of hydrogen-bond donors (Lipinski definition) is 2. The molecule has 0 amide bonds. The third kappa shape index (κ3) is 3.18. The second kappa shape index (κ2) is 5.90. The zero-order valence-electron chi connectivity index (χ0n) is 12.3. The number of carboxylic acid groups (broad SMARTS) is 1. The lowest BCUT2D eigenvalue weighted by molar-refractivity contribution is -0.141. The fraction of sp³-hybridized carbons (Fsp3) is 0.429. The lowest BCUT2D eigenvalue weighted by Gasteiger charge is -2.16. The normalized spacial score (nSPS) is 12.3. The van der Waals surface area contributed by atoms with Crippen molar-refractivity contribution in [3.8, 4) is 0 Å². The number of aliphatic carboxylic acids is 1. The molecule has 2 rings (SSSR count). The number of nitrogens with one attached hydrogen (secondary N) is 1. The summed E-state index contributed by atoms with van der Waals surface area (Å²) >= 11 is 0. The van der Waals surface area contributed by atoms with Gasteiger partial charge in [-0.2, -0.15) is 4.98 Å². The van der Waals surface area contributed by atoms with E-state index in [-0.39, 0.29) is 5.69 Å². The van der Waals surface area contributed by atoms with Gasteiger partial charge in [0.2, 0.25) is 0 Å². The molecule has 0 aromatic carbocycles. The van der Waals surface area contributed by atoms with Crippen molar-refractivity contribution in [2.45, 2.75) is 33.7 Å². The van der Waals surface area contributed by atoms with Crippen molar-refractivity contribution in [2.24, 2.45) is 5.92 Å². The van der Waals surface area contributed by atoms with Gasteiger partial charge in [-0.15, -0.1) is 0 Å². The highest BCUT2D eigenvalue weighted by Crippen LogP contribution is 2.15. The second-order valence-electron chi connectivity index (χ2n) is 5.11.